The van der Waals surface area contributed by atoms with Crippen molar-refractivity contribution in [3.05, 3.63) is 130 Å². The summed E-state index contributed by atoms with van der Waals surface area (Å²) in [7, 11) is 0. The molecule has 0 fully saturated rings. The minimum atomic E-state index is -1.14. The number of ether oxygens (including phenoxy) is 5. The molecular formula is C62H68N4O8. The van der Waals surface area contributed by atoms with Gasteiger partial charge in [-0.2, -0.15) is 0 Å². The van der Waals surface area contributed by atoms with Crippen LogP contribution in [0.1, 0.15) is 131 Å². The van der Waals surface area contributed by atoms with Gasteiger partial charge < -0.3 is 28.8 Å². The van der Waals surface area contributed by atoms with Crippen molar-refractivity contribution in [3.8, 4) is 33.8 Å². The maximum absolute atomic E-state index is 13.6. The van der Waals surface area contributed by atoms with Crippen LogP contribution >= 0.6 is 0 Å². The number of nitrogens with zero attached hydrogens (tertiary/aromatic N) is 4. The number of pyridine rings is 4. The zero-order valence-electron chi connectivity index (χ0n) is 44.7. The van der Waals surface area contributed by atoms with Crippen molar-refractivity contribution < 1.29 is 38.4 Å². The Morgan fingerprint density at radius 3 is 1.50 bits per heavy atom. The Balaban J connectivity index is 0.000000182. The maximum Gasteiger partial charge on any atom is 0.339 e. The van der Waals surface area contributed by atoms with E-state index in [2.05, 4.69) is 32.0 Å². The first kappa shape index (κ1) is 51.9. The predicted octanol–water partition coefficient (Wildman–Crippen LogP) is 13.9. The van der Waals surface area contributed by atoms with E-state index >= 15 is 0 Å². The highest BCUT2D eigenvalue weighted by Crippen LogP contribution is 2.47. The van der Waals surface area contributed by atoms with Crippen LogP contribution < -0.4 is 9.47 Å². The minimum absolute atomic E-state index is 0.273. The third-order valence-corrected chi connectivity index (χ3v) is 14.3. The first-order chi connectivity index (χ1) is 35.4. The summed E-state index contributed by atoms with van der Waals surface area (Å²) in [5.41, 5.74) is 13.1. The summed E-state index contributed by atoms with van der Waals surface area (Å²) in [6.45, 7) is 23.5. The lowest BCUT2D eigenvalue weighted by Gasteiger charge is -2.32. The van der Waals surface area contributed by atoms with Crippen LogP contribution in [0.5, 0.6) is 11.5 Å². The van der Waals surface area contributed by atoms with Crippen molar-refractivity contribution in [2.45, 2.75) is 138 Å². The monoisotopic (exact) mass is 997 g/mol. The summed E-state index contributed by atoms with van der Waals surface area (Å²) in [5, 5.41) is 14.3. The predicted molar refractivity (Wildman–Crippen MR) is 292 cm³/mol. The SMILES string of the molecule is CCCC(C)(C)O[C@H](C(=O)O)c1c(C)cc2nc(C)ccc2c1-c1ccc2c3c(ccnc13)CCO2.CCCC(C)(C)O[C@H](C(=O)OCC)c1c(C)cc2nc(C)ccc2c1-c1ccc2c3c(ccnc13)CCO2. The number of aliphatic carboxylic acids is 1. The van der Waals surface area contributed by atoms with Crippen LogP contribution in [0.2, 0.25) is 0 Å². The molecule has 0 radical (unpaired) electrons. The van der Waals surface area contributed by atoms with Gasteiger partial charge in [0.2, 0.25) is 0 Å². The van der Waals surface area contributed by atoms with Gasteiger partial charge in [0.1, 0.15) is 11.5 Å². The number of hydrogen-bond acceptors (Lipinski definition) is 11. The van der Waals surface area contributed by atoms with Gasteiger partial charge in [-0.05, 0) is 169 Å². The Labute approximate surface area is 433 Å². The van der Waals surface area contributed by atoms with Crippen molar-refractivity contribution >= 4 is 55.6 Å². The number of carboxylic acid groups (broad SMARTS) is 1. The molecule has 0 amide bonds. The van der Waals surface area contributed by atoms with Crippen molar-refractivity contribution in [1.29, 1.82) is 0 Å². The van der Waals surface area contributed by atoms with Gasteiger partial charge in [0.05, 0.1) is 53.1 Å². The molecule has 0 aliphatic carbocycles. The second kappa shape index (κ2) is 21.1. The number of carboxylic acids is 1. The zero-order chi connectivity index (χ0) is 52.6. The molecule has 2 aliphatic heterocycles. The highest BCUT2D eigenvalue weighted by molar-refractivity contribution is 6.10. The molecule has 0 saturated heterocycles. The second-order valence-corrected chi connectivity index (χ2v) is 20.9. The topological polar surface area (TPSA) is 152 Å². The van der Waals surface area contributed by atoms with E-state index in [1.807, 2.05) is 129 Å². The molecule has 2 aliphatic rings. The molecule has 0 saturated carbocycles. The number of esters is 1. The standard InChI is InChI=1S/C32H36N2O4.C30H32N2O4/c1-7-15-32(5,6)38-30(31(35)36-8-2)26-19(3)18-24-22(10-9-20(4)34-24)28(26)23-11-12-25-27-21(14-17-37-25)13-16-33-29(23)27;1-6-13-30(4,5)36-28(29(33)34)24-17(2)16-22-20(8-7-18(3)32-22)26(24)21-9-10-23-25-19(12-15-35-23)11-14-31-27(21)25/h9-13,16,18,30H,7-8,14-15,17H2,1-6H3;7-11,14,16,28H,6,12-13,15H2,1-5H3,(H,33,34)/t30-;28-/m00/s1. The Morgan fingerprint density at radius 2 is 1.07 bits per heavy atom. The average molecular weight is 997 g/mol. The van der Waals surface area contributed by atoms with Gasteiger partial charge >= 0.3 is 11.9 Å². The Kier molecular flexibility index (Phi) is 14.8. The van der Waals surface area contributed by atoms with Gasteiger partial charge in [-0.15, -0.1) is 0 Å². The van der Waals surface area contributed by atoms with E-state index in [-0.39, 0.29) is 12.6 Å². The molecule has 1 N–H and O–H groups in total. The van der Waals surface area contributed by atoms with Crippen molar-refractivity contribution in [2.75, 3.05) is 19.8 Å². The molecule has 384 valence electrons. The first-order valence-electron chi connectivity index (χ1n) is 26.1. The molecule has 12 heteroatoms. The zero-order valence-corrected chi connectivity index (χ0v) is 44.7. The summed E-state index contributed by atoms with van der Waals surface area (Å²) in [6.07, 6.45) is 6.67. The van der Waals surface area contributed by atoms with Gasteiger partial charge in [-0.1, -0.05) is 38.8 Å². The number of benzene rings is 4. The molecule has 4 aromatic heterocycles. The van der Waals surface area contributed by atoms with Crippen LogP contribution in [0, 0.1) is 27.7 Å². The smallest absolute Gasteiger partial charge is 0.339 e. The fraction of sp³-hybridized carbons (Fsp3) is 0.387. The Hall–Kier alpha value is -7.02. The van der Waals surface area contributed by atoms with E-state index in [0.29, 0.717) is 18.8 Å². The van der Waals surface area contributed by atoms with E-state index in [0.717, 1.165) is 144 Å². The number of aryl methyl sites for hydroxylation is 4. The van der Waals surface area contributed by atoms with Crippen LogP contribution in [-0.4, -0.2) is 68.0 Å². The van der Waals surface area contributed by atoms with Crippen LogP contribution in [0.3, 0.4) is 0 Å². The van der Waals surface area contributed by atoms with Crippen molar-refractivity contribution in [3.63, 3.8) is 0 Å². The lowest BCUT2D eigenvalue weighted by molar-refractivity contribution is -0.169. The van der Waals surface area contributed by atoms with Gasteiger partial charge in [0.25, 0.3) is 0 Å². The lowest BCUT2D eigenvalue weighted by Crippen LogP contribution is -2.32. The van der Waals surface area contributed by atoms with Gasteiger partial charge in [-0.25, -0.2) is 9.59 Å². The van der Waals surface area contributed by atoms with E-state index in [1.54, 1.807) is 0 Å². The summed E-state index contributed by atoms with van der Waals surface area (Å²) >= 11 is 0. The van der Waals surface area contributed by atoms with Gasteiger partial charge in [0, 0.05) is 80.4 Å². The molecule has 10 rings (SSSR count). The van der Waals surface area contributed by atoms with E-state index in [1.165, 1.54) is 11.1 Å². The molecule has 6 heterocycles. The summed E-state index contributed by atoms with van der Waals surface area (Å²) < 4.78 is 30.6. The quantitative estimate of drug-likeness (QED) is 0.0973. The average Bonchev–Trinajstić information content (AvgIpc) is 3.35. The maximum atomic E-state index is 13.6. The number of fused-ring (bicyclic) bond motifs is 2. The molecule has 0 unspecified atom stereocenters. The van der Waals surface area contributed by atoms with E-state index in [9.17, 15) is 14.7 Å². The molecule has 0 spiro atoms. The van der Waals surface area contributed by atoms with Crippen LogP contribution in [0.15, 0.2) is 85.2 Å². The molecule has 74 heavy (non-hydrogen) atoms. The molecule has 8 aromatic rings. The molecule has 2 atom stereocenters. The summed E-state index contributed by atoms with van der Waals surface area (Å²) in [4.78, 5) is 45.6. The normalized spacial score (nSPS) is 14.0. The highest BCUT2D eigenvalue weighted by Gasteiger charge is 2.37. The molecule has 0 bridgehead atoms. The number of carbonyl (C=O) groups is 2. The molecule has 4 aromatic carbocycles. The van der Waals surface area contributed by atoms with E-state index < -0.39 is 29.4 Å². The summed E-state index contributed by atoms with van der Waals surface area (Å²) in [5.74, 6) is 0.250. The third kappa shape index (κ3) is 10.1. The van der Waals surface area contributed by atoms with Crippen molar-refractivity contribution in [1.82, 2.24) is 19.9 Å². The lowest BCUT2D eigenvalue weighted by atomic mass is 9.86. The fourth-order valence-electron chi connectivity index (χ4n) is 11.1. The minimum Gasteiger partial charge on any atom is -0.493 e. The number of hydrogen-bond donors (Lipinski definition) is 1. The number of rotatable bonds is 15. The molecule has 12 nitrogen and oxygen atoms in total. The van der Waals surface area contributed by atoms with Crippen molar-refractivity contribution in [2.24, 2.45) is 0 Å². The summed E-state index contributed by atoms with van der Waals surface area (Å²) in [6, 6.07) is 24.2. The number of carbonyl (C=O) groups excluding carboxylic acids is 1. The van der Waals surface area contributed by atoms with Crippen LogP contribution in [0.25, 0.3) is 65.9 Å². The Bertz CT molecular complexity index is 3450. The second-order valence-electron chi connectivity index (χ2n) is 20.9. The van der Waals surface area contributed by atoms with Crippen LogP contribution in [0.4, 0.5) is 0 Å². The fourth-order valence-corrected chi connectivity index (χ4v) is 11.1. The first-order valence-corrected chi connectivity index (χ1v) is 26.1. The third-order valence-electron chi connectivity index (χ3n) is 14.3. The van der Waals surface area contributed by atoms with Gasteiger partial charge in [-0.3, -0.25) is 19.9 Å². The molecular weight excluding hydrogens is 929 g/mol. The highest BCUT2D eigenvalue weighted by atomic mass is 16.6. The van der Waals surface area contributed by atoms with Gasteiger partial charge in [0.15, 0.2) is 12.2 Å². The Morgan fingerprint density at radius 1 is 0.622 bits per heavy atom. The number of aromatic nitrogens is 4. The largest absolute Gasteiger partial charge is 0.493 e. The van der Waals surface area contributed by atoms with E-state index in [4.69, 9.17) is 43.6 Å². The van der Waals surface area contributed by atoms with Crippen LogP contribution in [-0.2, 0) is 36.6 Å².